The number of aliphatic carboxylic acids is 1. The number of aromatic nitrogens is 3. The zero-order chi connectivity index (χ0) is 32.2. The Morgan fingerprint density at radius 3 is 2.64 bits per heavy atom. The van der Waals surface area contributed by atoms with Crippen molar-refractivity contribution in [2.45, 2.75) is 64.5 Å². The number of β-lactam (4-membered cyclic amide) rings is 1. The normalized spacial score (nSPS) is 17.4. The number of anilines is 1. The number of carboxylic acid groups (broad SMARTS) is 1. The molecule has 0 saturated carbocycles. The third kappa shape index (κ3) is 7.68. The van der Waals surface area contributed by atoms with Gasteiger partial charge in [-0.25, -0.2) is 14.8 Å². The van der Waals surface area contributed by atoms with E-state index in [2.05, 4.69) is 31.3 Å². The van der Waals surface area contributed by atoms with Crippen molar-refractivity contribution in [1.29, 1.82) is 0 Å². The van der Waals surface area contributed by atoms with Gasteiger partial charge in [0, 0.05) is 24.3 Å². The summed E-state index contributed by atoms with van der Waals surface area (Å²) in [7, 11) is -4.98. The third-order valence-corrected chi connectivity index (χ3v) is 7.94. The van der Waals surface area contributed by atoms with E-state index in [9.17, 15) is 27.9 Å². The molecule has 1 aromatic carbocycles. The van der Waals surface area contributed by atoms with Crippen LogP contribution in [0.5, 0.6) is 5.75 Å². The van der Waals surface area contributed by atoms with Gasteiger partial charge in [-0.2, -0.15) is 13.5 Å². The minimum atomic E-state index is -4.98. The van der Waals surface area contributed by atoms with Gasteiger partial charge in [0.2, 0.25) is 0 Å². The number of carbonyl (C=O) groups excluding carboxylic acids is 2. The fourth-order valence-electron chi connectivity index (χ4n) is 4.51. The molecular formula is C26H32N6O10S2. The van der Waals surface area contributed by atoms with Gasteiger partial charge in [-0.3, -0.25) is 14.1 Å². The average molecular weight is 653 g/mol. The molecule has 1 saturated heterocycles. The van der Waals surface area contributed by atoms with Gasteiger partial charge in [-0.1, -0.05) is 24.9 Å². The summed E-state index contributed by atoms with van der Waals surface area (Å²) in [6.45, 7) is 4.50. The molecule has 0 radical (unpaired) electrons. The molecule has 44 heavy (non-hydrogen) atoms. The van der Waals surface area contributed by atoms with Gasteiger partial charge in [0.15, 0.2) is 16.6 Å². The molecule has 4 rings (SSSR count). The number of Topliss-reactive ketones (excluding diaryl/α,β-unsaturated/α-hetero) is 1. The number of H-pyrrole nitrogens is 1. The number of aryl methyl sites for hydroxylation is 1. The van der Waals surface area contributed by atoms with E-state index < -0.39 is 64.4 Å². The van der Waals surface area contributed by atoms with Crippen molar-refractivity contribution in [2.75, 3.05) is 12.3 Å². The number of hydroxylamine groups is 2. The lowest BCUT2D eigenvalue weighted by atomic mass is 9.74. The SMILES string of the molecule is CCCCCc1nc2ccc(OC[C@@H](O/N=C(\C(=O)C[C@@H]3C(=O)N(OS(=O)(=O)O)C3(C)C)c3csc(N)n3)C(=O)O)cc2[nH]1. The van der Waals surface area contributed by atoms with Crippen molar-refractivity contribution in [3.63, 3.8) is 0 Å². The predicted molar refractivity (Wildman–Crippen MR) is 157 cm³/mol. The Kier molecular flexibility index (Phi) is 9.87. The standard InChI is InChI=1S/C26H32N6O10S2/c1-4-5-6-7-21-28-16-9-8-14(10-17(16)29-21)40-12-20(24(35)36)41-31-22(18-13-43-25(27)30-18)19(33)11-15-23(34)32(26(15,2)3)42-44(37,38)39/h8-10,13,15,20H,4-7,11-12H2,1-3H3,(H2,27,30)(H,28,29)(H,35,36)(H,37,38,39)/b31-22-/t15-,20-/m1/s1. The lowest BCUT2D eigenvalue weighted by Gasteiger charge is -2.50. The van der Waals surface area contributed by atoms with Crippen LogP contribution in [0, 0.1) is 5.92 Å². The second-order valence-corrected chi connectivity index (χ2v) is 12.4. The Labute approximate surface area is 256 Å². The number of unbranched alkanes of at least 4 members (excludes halogenated alkanes) is 2. The molecular weight excluding hydrogens is 620 g/mol. The first kappa shape index (κ1) is 32.8. The Morgan fingerprint density at radius 1 is 1.27 bits per heavy atom. The Balaban J connectivity index is 1.46. The smallest absolute Gasteiger partial charge is 0.418 e. The summed E-state index contributed by atoms with van der Waals surface area (Å²) >= 11 is 0.991. The Bertz CT molecular complexity index is 1680. The highest BCUT2D eigenvalue weighted by Crippen LogP contribution is 2.40. The van der Waals surface area contributed by atoms with Crippen LogP contribution in [0.2, 0.25) is 0 Å². The van der Waals surface area contributed by atoms with Gasteiger partial charge < -0.3 is 25.4 Å². The van der Waals surface area contributed by atoms with E-state index in [0.717, 1.165) is 53.9 Å². The first-order chi connectivity index (χ1) is 20.7. The molecule has 1 fully saturated rings. The maximum Gasteiger partial charge on any atom is 0.418 e. The molecule has 3 heterocycles. The lowest BCUT2D eigenvalue weighted by Crippen LogP contribution is -2.68. The second-order valence-electron chi connectivity index (χ2n) is 10.5. The van der Waals surface area contributed by atoms with Gasteiger partial charge >= 0.3 is 16.4 Å². The number of benzene rings is 1. The van der Waals surface area contributed by atoms with Gasteiger partial charge in [-0.05, 0) is 32.4 Å². The van der Waals surface area contributed by atoms with Crippen molar-refractivity contribution in [2.24, 2.45) is 11.1 Å². The number of imidazole rings is 1. The molecule has 1 aliphatic heterocycles. The molecule has 2 aromatic heterocycles. The fourth-order valence-corrected chi connectivity index (χ4v) is 5.52. The number of nitrogens with zero attached hydrogens (tertiary/aromatic N) is 4. The number of nitrogens with one attached hydrogen (secondary N) is 1. The molecule has 238 valence electrons. The largest absolute Gasteiger partial charge is 0.489 e. The van der Waals surface area contributed by atoms with E-state index in [-0.39, 0.29) is 10.8 Å². The number of aromatic amines is 1. The summed E-state index contributed by atoms with van der Waals surface area (Å²) in [4.78, 5) is 54.8. The van der Waals surface area contributed by atoms with Crippen LogP contribution in [0.4, 0.5) is 5.13 Å². The number of ether oxygens (including phenoxy) is 1. The summed E-state index contributed by atoms with van der Waals surface area (Å²) in [5.41, 5.74) is 5.44. The summed E-state index contributed by atoms with van der Waals surface area (Å²) in [6.07, 6.45) is 1.86. The number of ketones is 1. The first-order valence-electron chi connectivity index (χ1n) is 13.5. The molecule has 0 unspecified atom stereocenters. The van der Waals surface area contributed by atoms with Crippen LogP contribution in [-0.2, 0) is 40.3 Å². The number of carbonyl (C=O) groups is 3. The number of oxime groups is 1. The van der Waals surface area contributed by atoms with E-state index in [1.807, 2.05) is 0 Å². The van der Waals surface area contributed by atoms with Crippen molar-refractivity contribution in [3.05, 3.63) is 35.1 Å². The van der Waals surface area contributed by atoms with E-state index in [1.165, 1.54) is 19.2 Å². The van der Waals surface area contributed by atoms with Crippen LogP contribution in [0.15, 0.2) is 28.7 Å². The number of amides is 1. The Hall–Kier alpha value is -4.13. The maximum atomic E-state index is 13.3. The predicted octanol–water partition coefficient (Wildman–Crippen LogP) is 2.52. The minimum absolute atomic E-state index is 0.0161. The highest BCUT2D eigenvalue weighted by atomic mass is 32.3. The van der Waals surface area contributed by atoms with Crippen LogP contribution in [0.1, 0.15) is 58.0 Å². The number of thiazole rings is 1. The van der Waals surface area contributed by atoms with Gasteiger partial charge in [0.1, 0.15) is 23.9 Å². The van der Waals surface area contributed by atoms with Crippen molar-refractivity contribution >= 4 is 61.3 Å². The molecule has 5 N–H and O–H groups in total. The number of hydrogen-bond acceptors (Lipinski definition) is 13. The molecule has 3 aromatic rings. The van der Waals surface area contributed by atoms with Crippen LogP contribution in [0.25, 0.3) is 11.0 Å². The maximum absolute atomic E-state index is 13.3. The quantitative estimate of drug-likeness (QED) is 0.0573. The number of fused-ring (bicyclic) bond motifs is 1. The van der Waals surface area contributed by atoms with Crippen LogP contribution >= 0.6 is 11.3 Å². The van der Waals surface area contributed by atoms with E-state index in [1.54, 1.807) is 18.2 Å². The van der Waals surface area contributed by atoms with E-state index in [4.69, 9.17) is 19.9 Å². The monoisotopic (exact) mass is 652 g/mol. The molecule has 1 aliphatic rings. The van der Waals surface area contributed by atoms with Gasteiger partial charge in [-0.15, -0.1) is 15.6 Å². The number of nitrogen functional groups attached to an aromatic ring is 1. The lowest BCUT2D eigenvalue weighted by molar-refractivity contribution is -0.228. The highest BCUT2D eigenvalue weighted by Gasteiger charge is 2.57. The summed E-state index contributed by atoms with van der Waals surface area (Å²) in [5.74, 6) is -2.94. The van der Waals surface area contributed by atoms with Crippen LogP contribution < -0.4 is 10.5 Å². The summed E-state index contributed by atoms with van der Waals surface area (Å²) < 4.78 is 41.1. The summed E-state index contributed by atoms with van der Waals surface area (Å²) in [5, 5.41) is 15.4. The van der Waals surface area contributed by atoms with E-state index in [0.29, 0.717) is 10.8 Å². The highest BCUT2D eigenvalue weighted by molar-refractivity contribution is 7.80. The average Bonchev–Trinajstić information content (AvgIpc) is 3.56. The van der Waals surface area contributed by atoms with Gasteiger partial charge in [0.05, 0.1) is 22.5 Å². The topological polar surface area (TPSA) is 237 Å². The van der Waals surface area contributed by atoms with Crippen molar-refractivity contribution in [1.82, 2.24) is 20.0 Å². The molecule has 18 heteroatoms. The number of hydrogen-bond donors (Lipinski definition) is 4. The molecule has 0 spiro atoms. The molecule has 0 aliphatic carbocycles. The number of rotatable bonds is 16. The zero-order valence-corrected chi connectivity index (χ0v) is 25.7. The van der Waals surface area contributed by atoms with Crippen molar-refractivity contribution in [3.8, 4) is 5.75 Å². The Morgan fingerprint density at radius 2 is 2.02 bits per heavy atom. The molecule has 16 nitrogen and oxygen atoms in total. The number of carboxylic acids is 1. The number of nitrogens with two attached hydrogens (primary N) is 1. The van der Waals surface area contributed by atoms with Crippen LogP contribution in [0.3, 0.4) is 0 Å². The summed E-state index contributed by atoms with van der Waals surface area (Å²) in [6, 6.07) is 5.07. The first-order valence-corrected chi connectivity index (χ1v) is 15.8. The zero-order valence-electron chi connectivity index (χ0n) is 24.0. The second kappa shape index (κ2) is 13.2. The fraction of sp³-hybridized carbons (Fsp3) is 0.462. The van der Waals surface area contributed by atoms with Crippen LogP contribution in [-0.4, -0.2) is 79.7 Å². The van der Waals surface area contributed by atoms with Crippen molar-refractivity contribution < 1.29 is 46.3 Å². The minimum Gasteiger partial charge on any atom is -0.489 e. The molecule has 0 bridgehead atoms. The van der Waals surface area contributed by atoms with E-state index >= 15 is 0 Å². The molecule has 1 amide bonds. The van der Waals surface area contributed by atoms with Gasteiger partial charge in [0.25, 0.3) is 12.0 Å². The molecule has 2 atom stereocenters. The third-order valence-electron chi connectivity index (χ3n) is 6.93.